The summed E-state index contributed by atoms with van der Waals surface area (Å²) in [5, 5.41) is 3.72. The lowest BCUT2D eigenvalue weighted by atomic mass is 9.84. The SMILES string of the molecule is CCC1CNC(C(C)(C)C)CN1Cc1cccnc1. The summed E-state index contributed by atoms with van der Waals surface area (Å²) >= 11 is 0. The predicted molar refractivity (Wildman–Crippen MR) is 80.0 cm³/mol. The summed E-state index contributed by atoms with van der Waals surface area (Å²) in [4.78, 5) is 6.84. The van der Waals surface area contributed by atoms with Crippen molar-refractivity contribution in [3.8, 4) is 0 Å². The lowest BCUT2D eigenvalue weighted by Gasteiger charge is -2.45. The van der Waals surface area contributed by atoms with Crippen molar-refractivity contribution in [3.63, 3.8) is 0 Å². The van der Waals surface area contributed by atoms with Gasteiger partial charge in [0.1, 0.15) is 0 Å². The quantitative estimate of drug-likeness (QED) is 0.906. The maximum Gasteiger partial charge on any atom is 0.0312 e. The van der Waals surface area contributed by atoms with Crippen molar-refractivity contribution >= 4 is 0 Å². The van der Waals surface area contributed by atoms with Gasteiger partial charge in [0, 0.05) is 44.1 Å². The molecule has 19 heavy (non-hydrogen) atoms. The van der Waals surface area contributed by atoms with Gasteiger partial charge in [0.25, 0.3) is 0 Å². The van der Waals surface area contributed by atoms with Crippen LogP contribution < -0.4 is 5.32 Å². The standard InChI is InChI=1S/C16H27N3/c1-5-14-10-18-15(16(2,3)4)12-19(14)11-13-7-6-8-17-9-13/h6-9,14-15,18H,5,10-12H2,1-4H3. The zero-order valence-corrected chi connectivity index (χ0v) is 12.7. The van der Waals surface area contributed by atoms with Crippen LogP contribution in [0.15, 0.2) is 24.5 Å². The Morgan fingerprint density at radius 1 is 1.42 bits per heavy atom. The molecule has 1 N–H and O–H groups in total. The molecule has 106 valence electrons. The lowest BCUT2D eigenvalue weighted by molar-refractivity contribution is 0.0774. The third kappa shape index (κ3) is 3.77. The maximum absolute atomic E-state index is 4.23. The fourth-order valence-electron chi connectivity index (χ4n) is 2.76. The van der Waals surface area contributed by atoms with Crippen molar-refractivity contribution in [2.45, 2.75) is 52.7 Å². The Morgan fingerprint density at radius 3 is 2.79 bits per heavy atom. The van der Waals surface area contributed by atoms with Crippen LogP contribution >= 0.6 is 0 Å². The molecule has 1 aliphatic heterocycles. The number of nitrogens with one attached hydrogen (secondary N) is 1. The minimum absolute atomic E-state index is 0.311. The van der Waals surface area contributed by atoms with Crippen LogP contribution in [0.4, 0.5) is 0 Å². The van der Waals surface area contributed by atoms with E-state index in [0.717, 1.165) is 19.6 Å². The van der Waals surface area contributed by atoms with Crippen LogP contribution in [0.25, 0.3) is 0 Å². The van der Waals surface area contributed by atoms with E-state index in [4.69, 9.17) is 0 Å². The molecule has 1 saturated heterocycles. The van der Waals surface area contributed by atoms with Crippen LogP contribution in [-0.2, 0) is 6.54 Å². The first kappa shape index (κ1) is 14.5. The smallest absolute Gasteiger partial charge is 0.0312 e. The number of piperazine rings is 1. The van der Waals surface area contributed by atoms with Gasteiger partial charge in [-0.2, -0.15) is 0 Å². The van der Waals surface area contributed by atoms with E-state index >= 15 is 0 Å². The highest BCUT2D eigenvalue weighted by Gasteiger charge is 2.33. The summed E-state index contributed by atoms with van der Waals surface area (Å²) < 4.78 is 0. The Hall–Kier alpha value is -0.930. The molecule has 2 unspecified atom stereocenters. The third-order valence-electron chi connectivity index (χ3n) is 4.16. The van der Waals surface area contributed by atoms with E-state index in [1.54, 1.807) is 0 Å². The maximum atomic E-state index is 4.23. The Morgan fingerprint density at radius 2 is 2.21 bits per heavy atom. The van der Waals surface area contributed by atoms with Gasteiger partial charge in [-0.3, -0.25) is 9.88 Å². The first-order chi connectivity index (χ1) is 9.00. The molecule has 3 nitrogen and oxygen atoms in total. The van der Waals surface area contributed by atoms with Crippen molar-refractivity contribution < 1.29 is 0 Å². The van der Waals surface area contributed by atoms with E-state index in [0.29, 0.717) is 17.5 Å². The van der Waals surface area contributed by atoms with E-state index in [2.05, 4.69) is 49.0 Å². The van der Waals surface area contributed by atoms with Crippen molar-refractivity contribution in [3.05, 3.63) is 30.1 Å². The molecule has 0 amide bonds. The highest BCUT2D eigenvalue weighted by atomic mass is 15.2. The first-order valence-corrected chi connectivity index (χ1v) is 7.37. The summed E-state index contributed by atoms with van der Waals surface area (Å²) in [6.07, 6.45) is 5.03. The van der Waals surface area contributed by atoms with Gasteiger partial charge in [-0.15, -0.1) is 0 Å². The van der Waals surface area contributed by atoms with Gasteiger partial charge in [0.05, 0.1) is 0 Å². The van der Waals surface area contributed by atoms with Gasteiger partial charge in [-0.05, 0) is 23.5 Å². The fraction of sp³-hybridized carbons (Fsp3) is 0.688. The molecule has 1 aromatic heterocycles. The molecule has 0 bridgehead atoms. The molecule has 1 fully saturated rings. The average molecular weight is 261 g/mol. The summed E-state index contributed by atoms with van der Waals surface area (Å²) in [7, 11) is 0. The van der Waals surface area contributed by atoms with Gasteiger partial charge in [0.2, 0.25) is 0 Å². The monoisotopic (exact) mass is 261 g/mol. The van der Waals surface area contributed by atoms with E-state index < -0.39 is 0 Å². The topological polar surface area (TPSA) is 28.2 Å². The normalized spacial score (nSPS) is 25.5. The van der Waals surface area contributed by atoms with Crippen LogP contribution in [-0.4, -0.2) is 35.1 Å². The van der Waals surface area contributed by atoms with Crippen LogP contribution in [0.5, 0.6) is 0 Å². The summed E-state index contributed by atoms with van der Waals surface area (Å²) in [6.45, 7) is 12.5. The van der Waals surface area contributed by atoms with E-state index in [1.165, 1.54) is 12.0 Å². The molecule has 2 atom stereocenters. The van der Waals surface area contributed by atoms with Crippen LogP contribution in [0.1, 0.15) is 39.7 Å². The Bertz CT molecular complexity index is 383. The van der Waals surface area contributed by atoms with Crippen LogP contribution in [0.3, 0.4) is 0 Å². The number of nitrogens with zero attached hydrogens (tertiary/aromatic N) is 2. The van der Waals surface area contributed by atoms with Crippen molar-refractivity contribution in [1.29, 1.82) is 0 Å². The molecule has 0 aromatic carbocycles. The van der Waals surface area contributed by atoms with Gasteiger partial charge < -0.3 is 5.32 Å². The second-order valence-electron chi connectivity index (χ2n) is 6.68. The second kappa shape index (κ2) is 6.02. The van der Waals surface area contributed by atoms with Crippen molar-refractivity contribution in [1.82, 2.24) is 15.2 Å². The number of hydrogen-bond acceptors (Lipinski definition) is 3. The van der Waals surface area contributed by atoms with Gasteiger partial charge >= 0.3 is 0 Å². The van der Waals surface area contributed by atoms with Crippen molar-refractivity contribution in [2.24, 2.45) is 5.41 Å². The van der Waals surface area contributed by atoms with E-state index in [-0.39, 0.29) is 0 Å². The zero-order valence-electron chi connectivity index (χ0n) is 12.7. The number of rotatable bonds is 3. The van der Waals surface area contributed by atoms with Crippen LogP contribution in [0, 0.1) is 5.41 Å². The summed E-state index contributed by atoms with van der Waals surface area (Å²) in [5.41, 5.74) is 1.63. The molecule has 0 radical (unpaired) electrons. The molecule has 2 heterocycles. The predicted octanol–water partition coefficient (Wildman–Crippen LogP) is 2.68. The average Bonchev–Trinajstić information content (AvgIpc) is 2.39. The van der Waals surface area contributed by atoms with Crippen LogP contribution in [0.2, 0.25) is 0 Å². The number of aromatic nitrogens is 1. The van der Waals surface area contributed by atoms with Crippen molar-refractivity contribution in [2.75, 3.05) is 13.1 Å². The molecule has 1 aromatic rings. The number of hydrogen-bond donors (Lipinski definition) is 1. The molecule has 1 aliphatic rings. The third-order valence-corrected chi connectivity index (χ3v) is 4.16. The largest absolute Gasteiger partial charge is 0.311 e. The van der Waals surface area contributed by atoms with E-state index in [9.17, 15) is 0 Å². The van der Waals surface area contributed by atoms with Gasteiger partial charge in [-0.25, -0.2) is 0 Å². The Labute approximate surface area is 117 Å². The van der Waals surface area contributed by atoms with Gasteiger partial charge in [-0.1, -0.05) is 33.8 Å². The molecule has 3 heteroatoms. The molecule has 0 saturated carbocycles. The first-order valence-electron chi connectivity index (χ1n) is 7.37. The Kier molecular flexibility index (Phi) is 4.58. The summed E-state index contributed by atoms with van der Waals surface area (Å²) in [5.74, 6) is 0. The summed E-state index contributed by atoms with van der Waals surface area (Å²) in [6, 6.07) is 5.40. The lowest BCUT2D eigenvalue weighted by Crippen LogP contribution is -2.59. The number of pyridine rings is 1. The molecule has 0 aliphatic carbocycles. The highest BCUT2D eigenvalue weighted by molar-refractivity contribution is 5.09. The molecular weight excluding hydrogens is 234 g/mol. The Balaban J connectivity index is 2.06. The molecule has 2 rings (SSSR count). The minimum Gasteiger partial charge on any atom is -0.311 e. The molecular formula is C16H27N3. The van der Waals surface area contributed by atoms with E-state index in [1.807, 2.05) is 18.5 Å². The fourth-order valence-corrected chi connectivity index (χ4v) is 2.76. The highest BCUT2D eigenvalue weighted by Crippen LogP contribution is 2.25. The minimum atomic E-state index is 0.311. The molecule has 0 spiro atoms. The zero-order chi connectivity index (χ0) is 13.9. The van der Waals surface area contributed by atoms with Gasteiger partial charge in [0.15, 0.2) is 0 Å². The second-order valence-corrected chi connectivity index (χ2v) is 6.68.